The maximum Gasteiger partial charge on any atom is 0.176 e. The molecular formula is C14H11BrN2O2S. The molecule has 2 N–H and O–H groups in total. The molecule has 0 amide bonds. The monoisotopic (exact) mass is 350 g/mol. The first-order chi connectivity index (χ1) is 9.53. The highest BCUT2D eigenvalue weighted by atomic mass is 79.9. The van der Waals surface area contributed by atoms with Crippen LogP contribution in [0.25, 0.3) is 6.08 Å². The average Bonchev–Trinajstić information content (AvgIpc) is 2.42. The van der Waals surface area contributed by atoms with Crippen LogP contribution in [0.3, 0.4) is 0 Å². The highest BCUT2D eigenvalue weighted by Crippen LogP contribution is 2.37. The Labute approximate surface area is 131 Å². The highest BCUT2D eigenvalue weighted by Gasteiger charge is 2.11. The van der Waals surface area contributed by atoms with Crippen molar-refractivity contribution in [2.75, 3.05) is 13.7 Å². The van der Waals surface area contributed by atoms with Crippen molar-refractivity contribution in [3.05, 3.63) is 27.7 Å². The van der Waals surface area contributed by atoms with Crippen LogP contribution in [0, 0.1) is 23.7 Å². The summed E-state index contributed by atoms with van der Waals surface area (Å²) in [4.78, 5) is 0.0373. The quantitative estimate of drug-likeness (QED) is 0.382. The third-order valence-corrected chi connectivity index (χ3v) is 3.06. The molecular weight excluding hydrogens is 340 g/mol. The van der Waals surface area contributed by atoms with E-state index in [2.05, 4.69) is 21.9 Å². The van der Waals surface area contributed by atoms with Crippen molar-refractivity contribution in [3.63, 3.8) is 0 Å². The minimum Gasteiger partial charge on any atom is -0.493 e. The molecule has 0 saturated carbocycles. The first-order valence-corrected chi connectivity index (χ1v) is 6.59. The second-order valence-corrected chi connectivity index (χ2v) is 4.86. The number of halogens is 1. The molecule has 0 heterocycles. The summed E-state index contributed by atoms with van der Waals surface area (Å²) >= 11 is 8.16. The average molecular weight is 351 g/mol. The Bertz CT molecular complexity index is 642. The number of benzene rings is 1. The lowest BCUT2D eigenvalue weighted by Crippen LogP contribution is -2.09. The molecule has 0 aromatic heterocycles. The molecule has 0 bridgehead atoms. The van der Waals surface area contributed by atoms with Gasteiger partial charge in [-0.15, -0.1) is 6.42 Å². The van der Waals surface area contributed by atoms with Crippen LogP contribution in [0.4, 0.5) is 0 Å². The Kier molecular flexibility index (Phi) is 6.05. The summed E-state index contributed by atoms with van der Waals surface area (Å²) in [6, 6.07) is 5.39. The molecule has 20 heavy (non-hydrogen) atoms. The van der Waals surface area contributed by atoms with Gasteiger partial charge in [0.15, 0.2) is 11.5 Å². The summed E-state index contributed by atoms with van der Waals surface area (Å²) in [6.45, 7) is 0.125. The fourth-order valence-corrected chi connectivity index (χ4v) is 2.08. The number of nitrogens with zero attached hydrogens (tertiary/aromatic N) is 1. The van der Waals surface area contributed by atoms with Crippen molar-refractivity contribution < 1.29 is 9.47 Å². The lowest BCUT2D eigenvalue weighted by molar-refractivity contribution is 0.329. The standard InChI is InChI=1S/C14H11BrN2O2S/c1-3-4-19-13-11(15)6-9(7-12(13)18-2)5-10(8-16)14(17)20/h1,5-7H,4H2,2H3,(H2,17,20)/b10-5-. The first-order valence-electron chi connectivity index (χ1n) is 5.38. The molecule has 1 aromatic rings. The van der Waals surface area contributed by atoms with Gasteiger partial charge in [-0.25, -0.2) is 0 Å². The van der Waals surface area contributed by atoms with E-state index in [0.717, 1.165) is 0 Å². The number of thiocarbonyl (C=S) groups is 1. The number of ether oxygens (including phenoxy) is 2. The van der Waals surface area contributed by atoms with Crippen molar-refractivity contribution in [2.45, 2.75) is 0 Å². The zero-order valence-electron chi connectivity index (χ0n) is 10.6. The zero-order chi connectivity index (χ0) is 15.1. The summed E-state index contributed by atoms with van der Waals surface area (Å²) in [5.41, 5.74) is 6.36. The molecule has 6 heteroatoms. The summed E-state index contributed by atoms with van der Waals surface area (Å²) < 4.78 is 11.3. The summed E-state index contributed by atoms with van der Waals surface area (Å²) in [7, 11) is 1.51. The molecule has 0 atom stereocenters. The van der Waals surface area contributed by atoms with E-state index in [1.54, 1.807) is 18.2 Å². The normalized spacial score (nSPS) is 10.3. The lowest BCUT2D eigenvalue weighted by Gasteiger charge is -2.12. The number of hydrogen-bond acceptors (Lipinski definition) is 4. The van der Waals surface area contributed by atoms with Crippen LogP contribution in [0.5, 0.6) is 11.5 Å². The Morgan fingerprint density at radius 3 is 2.80 bits per heavy atom. The van der Waals surface area contributed by atoms with E-state index in [1.807, 2.05) is 6.07 Å². The van der Waals surface area contributed by atoms with Crippen molar-refractivity contribution in [2.24, 2.45) is 5.73 Å². The number of nitriles is 1. The molecule has 1 rings (SSSR count). The largest absolute Gasteiger partial charge is 0.493 e. The predicted molar refractivity (Wildman–Crippen MR) is 85.4 cm³/mol. The van der Waals surface area contributed by atoms with Crippen molar-refractivity contribution >= 4 is 39.2 Å². The van der Waals surface area contributed by atoms with Gasteiger partial charge in [0.05, 0.1) is 17.2 Å². The minimum atomic E-state index is 0.0373. The Morgan fingerprint density at radius 2 is 2.30 bits per heavy atom. The van der Waals surface area contributed by atoms with E-state index in [-0.39, 0.29) is 17.2 Å². The van der Waals surface area contributed by atoms with Crippen LogP contribution in [0.2, 0.25) is 0 Å². The molecule has 4 nitrogen and oxygen atoms in total. The van der Waals surface area contributed by atoms with Gasteiger partial charge in [-0.05, 0) is 39.7 Å². The predicted octanol–water partition coefficient (Wildman–Crippen LogP) is 2.66. The molecule has 1 aromatic carbocycles. The second-order valence-electron chi connectivity index (χ2n) is 3.56. The molecule has 0 spiro atoms. The number of hydrogen-bond donors (Lipinski definition) is 1. The van der Waals surface area contributed by atoms with Gasteiger partial charge in [0.2, 0.25) is 0 Å². The maximum atomic E-state index is 8.95. The SMILES string of the molecule is C#CCOc1c(Br)cc(/C=C(/C#N)C(N)=S)cc1OC. The molecule has 0 radical (unpaired) electrons. The second kappa shape index (κ2) is 7.54. The molecule has 0 aliphatic heterocycles. The van der Waals surface area contributed by atoms with Gasteiger partial charge < -0.3 is 15.2 Å². The van der Waals surface area contributed by atoms with E-state index in [9.17, 15) is 0 Å². The van der Waals surface area contributed by atoms with E-state index in [4.69, 9.17) is 39.1 Å². The number of nitrogens with two attached hydrogens (primary N) is 1. The minimum absolute atomic E-state index is 0.0373. The fraction of sp³-hybridized carbons (Fsp3) is 0.143. The zero-order valence-corrected chi connectivity index (χ0v) is 13.0. The topological polar surface area (TPSA) is 68.3 Å². The molecule has 0 unspecified atom stereocenters. The smallest absolute Gasteiger partial charge is 0.176 e. The first kappa shape index (κ1) is 16.0. The van der Waals surface area contributed by atoms with Crippen molar-refractivity contribution in [1.29, 1.82) is 5.26 Å². The van der Waals surface area contributed by atoms with Gasteiger partial charge >= 0.3 is 0 Å². The van der Waals surface area contributed by atoms with E-state index in [1.165, 1.54) is 7.11 Å². The van der Waals surface area contributed by atoms with Crippen LogP contribution in [-0.2, 0) is 0 Å². The maximum absolute atomic E-state index is 8.95. The Morgan fingerprint density at radius 1 is 1.60 bits per heavy atom. The molecule has 0 aliphatic rings. The molecule has 0 aliphatic carbocycles. The van der Waals surface area contributed by atoms with Gasteiger partial charge in [-0.1, -0.05) is 18.1 Å². The Balaban J connectivity index is 3.27. The summed E-state index contributed by atoms with van der Waals surface area (Å²) in [5.74, 6) is 3.36. The van der Waals surface area contributed by atoms with Crippen molar-refractivity contribution in [3.8, 4) is 29.9 Å². The third kappa shape index (κ3) is 3.99. The Hall–Kier alpha value is -2.02. The van der Waals surface area contributed by atoms with Crippen molar-refractivity contribution in [1.82, 2.24) is 0 Å². The van der Waals surface area contributed by atoms with Gasteiger partial charge in [0.25, 0.3) is 0 Å². The lowest BCUT2D eigenvalue weighted by atomic mass is 10.1. The molecule has 102 valence electrons. The third-order valence-electron chi connectivity index (χ3n) is 2.25. The number of rotatable bonds is 5. The molecule has 0 saturated heterocycles. The molecule has 0 fully saturated rings. The highest BCUT2D eigenvalue weighted by molar-refractivity contribution is 9.10. The van der Waals surface area contributed by atoms with E-state index in [0.29, 0.717) is 21.5 Å². The van der Waals surface area contributed by atoms with Crippen LogP contribution in [0.15, 0.2) is 22.2 Å². The van der Waals surface area contributed by atoms with E-state index >= 15 is 0 Å². The van der Waals surface area contributed by atoms with E-state index < -0.39 is 0 Å². The van der Waals surface area contributed by atoms with Crippen LogP contribution in [0.1, 0.15) is 5.56 Å². The van der Waals surface area contributed by atoms with Crippen LogP contribution >= 0.6 is 28.1 Å². The van der Waals surface area contributed by atoms with Gasteiger partial charge in [-0.2, -0.15) is 5.26 Å². The number of methoxy groups -OCH3 is 1. The van der Waals surface area contributed by atoms with Crippen LogP contribution < -0.4 is 15.2 Å². The number of terminal acetylenes is 1. The van der Waals surface area contributed by atoms with Gasteiger partial charge in [-0.3, -0.25) is 0 Å². The van der Waals surface area contributed by atoms with Crippen LogP contribution in [-0.4, -0.2) is 18.7 Å². The summed E-state index contributed by atoms with van der Waals surface area (Å²) in [6.07, 6.45) is 6.73. The van der Waals surface area contributed by atoms with Gasteiger partial charge in [0, 0.05) is 0 Å². The summed E-state index contributed by atoms with van der Waals surface area (Å²) in [5, 5.41) is 8.95. The fourth-order valence-electron chi connectivity index (χ4n) is 1.40. The van der Waals surface area contributed by atoms with Gasteiger partial charge in [0.1, 0.15) is 17.7 Å².